The predicted molar refractivity (Wildman–Crippen MR) is 377 cm³/mol. The fourth-order valence-electron chi connectivity index (χ4n) is 15.0. The second-order valence-electron chi connectivity index (χ2n) is 29.0. The van der Waals surface area contributed by atoms with Gasteiger partial charge in [0.2, 0.25) is 0 Å². The lowest BCUT2D eigenvalue weighted by atomic mass is 9.33. The minimum absolute atomic E-state index is 0.0172. The van der Waals surface area contributed by atoms with E-state index in [-0.39, 0.29) is 28.4 Å². The zero-order chi connectivity index (χ0) is 60.1. The fraction of sp³-hybridized carbons (Fsp3) is 0.195. The van der Waals surface area contributed by atoms with Crippen LogP contribution in [0.5, 0.6) is 0 Å². The minimum Gasteiger partial charge on any atom is -0.312 e. The zero-order valence-corrected chi connectivity index (χ0v) is 53.5. The van der Waals surface area contributed by atoms with E-state index in [0.29, 0.717) is 0 Å². The van der Waals surface area contributed by atoms with Gasteiger partial charge in [0.15, 0.2) is 8.07 Å². The summed E-state index contributed by atoms with van der Waals surface area (Å²) in [6, 6.07) is 94.7. The van der Waals surface area contributed by atoms with Gasteiger partial charge in [-0.3, -0.25) is 0 Å². The van der Waals surface area contributed by atoms with Crippen molar-refractivity contribution in [3.05, 3.63) is 265 Å². The van der Waals surface area contributed by atoms with Gasteiger partial charge in [0.1, 0.15) is 0 Å². The van der Waals surface area contributed by atoms with Gasteiger partial charge in [-0.1, -0.05) is 265 Å². The van der Waals surface area contributed by atoms with E-state index < -0.39 is 8.07 Å². The molecule has 0 saturated heterocycles. The van der Waals surface area contributed by atoms with E-state index in [4.69, 9.17) is 0 Å². The quantitative estimate of drug-likeness (QED) is 0.154. The van der Waals surface area contributed by atoms with Crippen LogP contribution < -0.4 is 51.8 Å². The lowest BCUT2D eigenvalue weighted by molar-refractivity contribution is 0.590. The van der Waals surface area contributed by atoms with Crippen LogP contribution in [0.15, 0.2) is 243 Å². The van der Waals surface area contributed by atoms with Crippen LogP contribution in [0.4, 0.5) is 51.2 Å². The maximum atomic E-state index is 2.75. The minimum atomic E-state index is -3.09. The smallest absolute Gasteiger partial charge is 0.252 e. The van der Waals surface area contributed by atoms with Crippen molar-refractivity contribution in [1.82, 2.24) is 0 Å². The Morgan fingerprint density at radius 1 is 0.299 bits per heavy atom. The predicted octanol–water partition coefficient (Wildman–Crippen LogP) is 17.4. The molecule has 15 rings (SSSR count). The lowest BCUT2D eigenvalue weighted by Crippen LogP contribution is -2.77. The number of benzene rings is 11. The average Bonchev–Trinajstić information content (AvgIpc) is 1.66. The number of hydrogen-bond donors (Lipinski definition) is 0. The molecule has 0 atom stereocenters. The summed E-state index contributed by atoms with van der Waals surface area (Å²) in [5, 5.41) is 5.79. The Hall–Kier alpha value is -8.90. The highest BCUT2D eigenvalue weighted by Crippen LogP contribution is 2.52. The van der Waals surface area contributed by atoms with E-state index in [1.165, 1.54) is 121 Å². The van der Waals surface area contributed by atoms with E-state index in [2.05, 4.69) is 340 Å². The Morgan fingerprint density at radius 3 is 1.31 bits per heavy atom. The second-order valence-corrected chi connectivity index (χ2v) is 32.6. The van der Waals surface area contributed by atoms with E-state index in [0.717, 1.165) is 22.7 Å². The highest BCUT2D eigenvalue weighted by Gasteiger charge is 2.57. The largest absolute Gasteiger partial charge is 0.312 e. The van der Waals surface area contributed by atoms with Crippen LogP contribution >= 0.6 is 0 Å². The first-order valence-corrected chi connectivity index (χ1v) is 33.4. The summed E-state index contributed by atoms with van der Waals surface area (Å²) < 4.78 is 0. The van der Waals surface area contributed by atoms with Gasteiger partial charge >= 0.3 is 0 Å². The molecule has 0 amide bonds. The van der Waals surface area contributed by atoms with Crippen LogP contribution in [0.3, 0.4) is 0 Å². The highest BCUT2D eigenvalue weighted by atomic mass is 28.3. The molecule has 0 unspecified atom stereocenters. The molecule has 0 aromatic heterocycles. The monoisotopic (exact) mass is 1140 g/mol. The molecule has 87 heavy (non-hydrogen) atoms. The number of fused-ring (bicyclic) bond motifs is 13. The molecule has 3 nitrogen and oxygen atoms in total. The van der Waals surface area contributed by atoms with Crippen molar-refractivity contribution in [3.63, 3.8) is 0 Å². The summed E-state index contributed by atoms with van der Waals surface area (Å²) in [5.41, 5.74) is 27.2. The first-order valence-electron chi connectivity index (χ1n) is 31.4. The van der Waals surface area contributed by atoms with Crippen molar-refractivity contribution in [1.29, 1.82) is 0 Å². The molecule has 0 saturated carbocycles. The first kappa shape index (κ1) is 54.7. The van der Waals surface area contributed by atoms with Crippen molar-refractivity contribution in [2.75, 3.05) is 14.7 Å². The topological polar surface area (TPSA) is 9.72 Å². The first-order chi connectivity index (χ1) is 41.7. The van der Waals surface area contributed by atoms with Gasteiger partial charge < -0.3 is 14.7 Å². The van der Waals surface area contributed by atoms with Gasteiger partial charge in [0.05, 0.1) is 11.4 Å². The van der Waals surface area contributed by atoms with Gasteiger partial charge in [0, 0.05) is 45.4 Å². The lowest BCUT2D eigenvalue weighted by Gasteiger charge is -2.51. The number of hydrogen-bond acceptors (Lipinski definition) is 3. The summed E-state index contributed by atoms with van der Waals surface area (Å²) in [5.74, 6) is 0. The van der Waals surface area contributed by atoms with Crippen molar-refractivity contribution in [2.24, 2.45) is 0 Å². The third-order valence-corrected chi connectivity index (χ3v) is 24.4. The zero-order valence-electron chi connectivity index (χ0n) is 52.5. The molecule has 5 heteroatoms. The van der Waals surface area contributed by atoms with E-state index >= 15 is 0 Å². The molecule has 0 aliphatic carbocycles. The van der Waals surface area contributed by atoms with E-state index in [9.17, 15) is 0 Å². The molecule has 11 aromatic carbocycles. The highest BCUT2D eigenvalue weighted by molar-refractivity contribution is 7.24. The Labute approximate surface area is 517 Å². The molecule has 426 valence electrons. The molecule has 0 radical (unpaired) electrons. The van der Waals surface area contributed by atoms with Crippen LogP contribution in [-0.4, -0.2) is 14.8 Å². The summed E-state index contributed by atoms with van der Waals surface area (Å²) in [7, 11) is -3.09. The van der Waals surface area contributed by atoms with Crippen LogP contribution in [0, 0.1) is 0 Å². The standard InChI is InChI=1S/C82H76BN3Si/c1-79(2,3)56-35-41-60(42-36-56)84(61-43-37-57(38-44-61)80(4,5)6)62-51-71-77-72(52-62)86-70-31-21-24-34-75(70)87(73-32-22-19-29-63(73)64-30-20-23-33-74(64)87)76-48-55(53-25-15-13-16-26-53)47-67(78(76)86)83(77)66-50-59(82(10,11)12)40-46-69(66)85(71)68-45-39-58(81(7,8)9)49-65(68)54-27-17-14-18-28-54/h13-52H,1-12H3. The van der Waals surface area contributed by atoms with E-state index in [1.54, 1.807) is 0 Å². The molecular formula is C82H76BN3Si. The summed E-state index contributed by atoms with van der Waals surface area (Å²) in [4.78, 5) is 7.95. The van der Waals surface area contributed by atoms with Crippen molar-refractivity contribution < 1.29 is 0 Å². The maximum Gasteiger partial charge on any atom is 0.252 e. The third kappa shape index (κ3) is 8.51. The average molecular weight is 1140 g/mol. The molecule has 1 spiro atoms. The number of para-hydroxylation sites is 1. The normalized spacial score (nSPS) is 14.2. The Morgan fingerprint density at radius 2 is 0.759 bits per heavy atom. The Kier molecular flexibility index (Phi) is 12.3. The van der Waals surface area contributed by atoms with Crippen molar-refractivity contribution in [2.45, 2.75) is 105 Å². The van der Waals surface area contributed by atoms with E-state index in [1.807, 2.05) is 0 Å². The Bertz CT molecular complexity index is 4450. The van der Waals surface area contributed by atoms with Crippen molar-refractivity contribution in [3.8, 4) is 33.4 Å². The van der Waals surface area contributed by atoms with Gasteiger partial charge in [-0.2, -0.15) is 0 Å². The summed E-state index contributed by atoms with van der Waals surface area (Å²) in [6.45, 7) is 27.9. The molecular weight excluding hydrogens is 1070 g/mol. The van der Waals surface area contributed by atoms with Crippen molar-refractivity contribution >= 4 is 103 Å². The van der Waals surface area contributed by atoms with Gasteiger partial charge in [0.25, 0.3) is 6.71 Å². The molecule has 4 heterocycles. The molecule has 0 N–H and O–H groups in total. The molecule has 11 aromatic rings. The summed E-state index contributed by atoms with van der Waals surface area (Å²) >= 11 is 0. The van der Waals surface area contributed by atoms with Gasteiger partial charge in [-0.25, -0.2) is 0 Å². The van der Waals surface area contributed by atoms with Gasteiger partial charge in [-0.05, 0) is 170 Å². The molecule has 0 fully saturated rings. The number of nitrogens with zero attached hydrogens (tertiary/aromatic N) is 3. The molecule has 4 aliphatic heterocycles. The van der Waals surface area contributed by atoms with Crippen LogP contribution in [0.2, 0.25) is 0 Å². The third-order valence-electron chi connectivity index (χ3n) is 19.5. The SMILES string of the molecule is CC(C)(C)c1ccc(N(c2ccc(C(C)(C)C)cc2)c2cc3c4c(c2)N2c5ccccc5[Si]5(c6ccccc6-c6ccccc65)c5cc(-c6ccccc6)cc(c52)B4c2cc(C(C)(C)C)ccc2N3c2ccc(C(C)(C)C)cc2-c2ccccc2)cc1. The van der Waals surface area contributed by atoms with Gasteiger partial charge in [-0.15, -0.1) is 0 Å². The van der Waals surface area contributed by atoms with Crippen LogP contribution in [0.25, 0.3) is 33.4 Å². The molecule has 4 aliphatic rings. The number of anilines is 9. The maximum absolute atomic E-state index is 3.09. The Balaban J connectivity index is 1.13. The summed E-state index contributed by atoms with van der Waals surface area (Å²) in [6.07, 6.45) is 0. The second kappa shape index (κ2) is 19.6. The fourth-order valence-corrected chi connectivity index (χ4v) is 20.6. The molecule has 0 bridgehead atoms. The van der Waals surface area contributed by atoms with Crippen LogP contribution in [-0.2, 0) is 21.7 Å². The van der Waals surface area contributed by atoms with Crippen LogP contribution in [0.1, 0.15) is 105 Å². The number of rotatable bonds is 6.